The first-order valence-corrected chi connectivity index (χ1v) is 6.77. The molecule has 112 valence electrons. The van der Waals surface area contributed by atoms with E-state index in [1.54, 1.807) is 18.3 Å². The highest BCUT2D eigenvalue weighted by Crippen LogP contribution is 2.23. The van der Waals surface area contributed by atoms with E-state index in [1.165, 1.54) is 13.2 Å². The monoisotopic (exact) mass is 298 g/mol. The van der Waals surface area contributed by atoms with Crippen molar-refractivity contribution in [2.45, 2.75) is 13.3 Å². The minimum atomic E-state index is -0.195. The number of aromatic nitrogens is 4. The van der Waals surface area contributed by atoms with Crippen molar-refractivity contribution in [3.05, 3.63) is 46.5 Å². The highest BCUT2D eigenvalue weighted by atomic mass is 16.5. The van der Waals surface area contributed by atoms with Crippen molar-refractivity contribution in [2.24, 2.45) is 0 Å². The van der Waals surface area contributed by atoms with Gasteiger partial charge < -0.3 is 14.2 Å². The third-order valence-corrected chi connectivity index (χ3v) is 3.16. The molecule has 0 saturated carbocycles. The Balaban J connectivity index is 2.00. The van der Waals surface area contributed by atoms with Crippen LogP contribution in [0.3, 0.4) is 0 Å². The van der Waals surface area contributed by atoms with Crippen LogP contribution in [0.4, 0.5) is 0 Å². The number of methoxy groups -OCH3 is 1. The van der Waals surface area contributed by atoms with Gasteiger partial charge in [-0.25, -0.2) is 4.98 Å². The number of nitrogens with one attached hydrogen (secondary N) is 1. The van der Waals surface area contributed by atoms with Gasteiger partial charge in [0.05, 0.1) is 7.11 Å². The molecule has 7 nitrogen and oxygen atoms in total. The molecule has 3 aromatic rings. The van der Waals surface area contributed by atoms with Gasteiger partial charge in [-0.1, -0.05) is 12.1 Å². The lowest BCUT2D eigenvalue weighted by Crippen LogP contribution is -2.07. The van der Waals surface area contributed by atoms with Crippen LogP contribution >= 0.6 is 0 Å². The molecule has 0 saturated heterocycles. The van der Waals surface area contributed by atoms with E-state index in [0.29, 0.717) is 29.6 Å². The Morgan fingerprint density at radius 2 is 2.14 bits per heavy atom. The number of nitrogens with zero attached hydrogens (tertiary/aromatic N) is 3. The van der Waals surface area contributed by atoms with Gasteiger partial charge in [0.2, 0.25) is 17.3 Å². The van der Waals surface area contributed by atoms with Crippen LogP contribution in [0, 0.1) is 0 Å². The van der Waals surface area contributed by atoms with Crippen LogP contribution in [-0.2, 0) is 6.42 Å². The quantitative estimate of drug-likeness (QED) is 0.792. The molecule has 0 atom stereocenters. The molecule has 0 fully saturated rings. The third kappa shape index (κ3) is 2.73. The van der Waals surface area contributed by atoms with Crippen molar-refractivity contribution in [2.75, 3.05) is 7.11 Å². The number of pyridine rings is 2. The molecular formula is C15H14N4O3. The molecule has 0 aliphatic carbocycles. The van der Waals surface area contributed by atoms with Gasteiger partial charge in [0.1, 0.15) is 0 Å². The van der Waals surface area contributed by atoms with Gasteiger partial charge >= 0.3 is 0 Å². The summed E-state index contributed by atoms with van der Waals surface area (Å²) in [6.45, 7) is 1.96. The molecule has 0 aliphatic rings. The summed E-state index contributed by atoms with van der Waals surface area (Å²) in [5, 5.41) is 3.94. The molecule has 0 aliphatic heterocycles. The molecule has 0 spiro atoms. The number of aromatic amines is 1. The number of hydrogen-bond donors (Lipinski definition) is 1. The van der Waals surface area contributed by atoms with E-state index in [0.717, 1.165) is 11.3 Å². The van der Waals surface area contributed by atoms with Gasteiger partial charge in [-0.2, -0.15) is 4.98 Å². The van der Waals surface area contributed by atoms with Crippen LogP contribution < -0.4 is 10.3 Å². The Bertz CT molecular complexity index is 854. The SMILES string of the molecule is CCc1cc(-c2nc(-c3ccnc(OC)c3)no2)cc(=O)[nH]1. The minimum Gasteiger partial charge on any atom is -0.481 e. The lowest BCUT2D eigenvalue weighted by atomic mass is 10.2. The van der Waals surface area contributed by atoms with E-state index in [1.807, 2.05) is 13.0 Å². The Hall–Kier alpha value is -2.96. The van der Waals surface area contributed by atoms with Crippen LogP contribution in [-0.4, -0.2) is 27.2 Å². The van der Waals surface area contributed by atoms with Gasteiger partial charge in [0.25, 0.3) is 5.89 Å². The van der Waals surface area contributed by atoms with Crippen LogP contribution in [0.15, 0.2) is 39.8 Å². The fourth-order valence-electron chi connectivity index (χ4n) is 2.03. The van der Waals surface area contributed by atoms with Crippen LogP contribution in [0.2, 0.25) is 0 Å². The van der Waals surface area contributed by atoms with Gasteiger partial charge in [-0.3, -0.25) is 4.79 Å². The summed E-state index contributed by atoms with van der Waals surface area (Å²) < 4.78 is 10.3. The smallest absolute Gasteiger partial charge is 0.258 e. The zero-order chi connectivity index (χ0) is 15.5. The van der Waals surface area contributed by atoms with E-state index >= 15 is 0 Å². The van der Waals surface area contributed by atoms with Gasteiger partial charge in [0, 0.05) is 35.2 Å². The maximum atomic E-state index is 11.6. The maximum absolute atomic E-state index is 11.6. The highest BCUT2D eigenvalue weighted by molar-refractivity contribution is 5.60. The molecule has 0 radical (unpaired) electrons. The molecule has 1 N–H and O–H groups in total. The number of hydrogen-bond acceptors (Lipinski definition) is 6. The molecule has 3 rings (SSSR count). The predicted molar refractivity (Wildman–Crippen MR) is 79.5 cm³/mol. The minimum absolute atomic E-state index is 0.195. The fraction of sp³-hybridized carbons (Fsp3) is 0.200. The Kier molecular flexibility index (Phi) is 3.69. The zero-order valence-corrected chi connectivity index (χ0v) is 12.2. The summed E-state index contributed by atoms with van der Waals surface area (Å²) in [4.78, 5) is 22.7. The normalized spacial score (nSPS) is 10.6. The molecule has 22 heavy (non-hydrogen) atoms. The highest BCUT2D eigenvalue weighted by Gasteiger charge is 2.12. The summed E-state index contributed by atoms with van der Waals surface area (Å²) in [5.74, 6) is 1.17. The lowest BCUT2D eigenvalue weighted by molar-refractivity contribution is 0.398. The third-order valence-electron chi connectivity index (χ3n) is 3.16. The Morgan fingerprint density at radius 1 is 1.27 bits per heavy atom. The number of aryl methyl sites for hydroxylation is 1. The average molecular weight is 298 g/mol. The van der Waals surface area contributed by atoms with E-state index in [9.17, 15) is 4.79 Å². The van der Waals surface area contributed by atoms with Crippen molar-refractivity contribution < 1.29 is 9.26 Å². The largest absolute Gasteiger partial charge is 0.481 e. The Labute approximate surface area is 126 Å². The van der Waals surface area contributed by atoms with E-state index in [2.05, 4.69) is 20.1 Å². The standard InChI is InChI=1S/C15H14N4O3/c1-3-11-6-10(7-12(20)17-11)15-18-14(19-22-15)9-4-5-16-13(8-9)21-2/h4-8H,3H2,1-2H3,(H,17,20). The number of ether oxygens (including phenoxy) is 1. The van der Waals surface area contributed by atoms with E-state index in [4.69, 9.17) is 9.26 Å². The molecule has 0 unspecified atom stereocenters. The molecule has 0 bridgehead atoms. The Morgan fingerprint density at radius 3 is 2.91 bits per heavy atom. The summed E-state index contributed by atoms with van der Waals surface area (Å²) in [5.41, 5.74) is 1.94. The summed E-state index contributed by atoms with van der Waals surface area (Å²) >= 11 is 0. The number of rotatable bonds is 4. The summed E-state index contributed by atoms with van der Waals surface area (Å²) in [6, 6.07) is 6.73. The van der Waals surface area contributed by atoms with Crippen LogP contribution in [0.1, 0.15) is 12.6 Å². The topological polar surface area (TPSA) is 93.9 Å². The van der Waals surface area contributed by atoms with Crippen molar-refractivity contribution in [1.82, 2.24) is 20.1 Å². The summed E-state index contributed by atoms with van der Waals surface area (Å²) in [7, 11) is 1.54. The van der Waals surface area contributed by atoms with Crippen LogP contribution in [0.25, 0.3) is 22.8 Å². The van der Waals surface area contributed by atoms with Gasteiger partial charge in [-0.05, 0) is 18.6 Å². The fourth-order valence-corrected chi connectivity index (χ4v) is 2.03. The molecule has 3 heterocycles. The average Bonchev–Trinajstić information content (AvgIpc) is 3.04. The molecule has 7 heteroatoms. The first-order chi connectivity index (χ1) is 10.7. The maximum Gasteiger partial charge on any atom is 0.258 e. The lowest BCUT2D eigenvalue weighted by Gasteiger charge is -1.99. The molecular weight excluding hydrogens is 284 g/mol. The first kappa shape index (κ1) is 14.0. The molecule has 0 amide bonds. The first-order valence-electron chi connectivity index (χ1n) is 6.77. The second-order valence-electron chi connectivity index (χ2n) is 4.62. The van der Waals surface area contributed by atoms with Gasteiger partial charge in [-0.15, -0.1) is 0 Å². The van der Waals surface area contributed by atoms with Crippen molar-refractivity contribution in [1.29, 1.82) is 0 Å². The predicted octanol–water partition coefficient (Wildman–Crippen LogP) is 2.06. The second kappa shape index (κ2) is 5.80. The summed E-state index contributed by atoms with van der Waals surface area (Å²) in [6.07, 6.45) is 2.32. The number of H-pyrrole nitrogens is 1. The van der Waals surface area contributed by atoms with E-state index in [-0.39, 0.29) is 5.56 Å². The molecule has 3 aromatic heterocycles. The van der Waals surface area contributed by atoms with E-state index < -0.39 is 0 Å². The van der Waals surface area contributed by atoms with Crippen LogP contribution in [0.5, 0.6) is 5.88 Å². The van der Waals surface area contributed by atoms with Crippen molar-refractivity contribution >= 4 is 0 Å². The van der Waals surface area contributed by atoms with Crippen molar-refractivity contribution in [3.8, 4) is 28.7 Å². The zero-order valence-electron chi connectivity index (χ0n) is 12.2. The second-order valence-corrected chi connectivity index (χ2v) is 4.62. The molecule has 0 aromatic carbocycles. The van der Waals surface area contributed by atoms with Crippen molar-refractivity contribution in [3.63, 3.8) is 0 Å². The van der Waals surface area contributed by atoms with Gasteiger partial charge in [0.15, 0.2) is 0 Å².